The maximum atomic E-state index is 11.1. The van der Waals surface area contributed by atoms with Crippen molar-refractivity contribution in [3.8, 4) is 0 Å². The third-order valence-electron chi connectivity index (χ3n) is 1.67. The molecule has 0 bridgehead atoms. The molecule has 0 aromatic heterocycles. The molecule has 0 aliphatic carbocycles. The first-order chi connectivity index (χ1) is 6.54. The van der Waals surface area contributed by atoms with Gasteiger partial charge in [-0.3, -0.25) is 4.79 Å². The zero-order chi connectivity index (χ0) is 10.6. The highest BCUT2D eigenvalue weighted by molar-refractivity contribution is 7.90. The second-order valence-electron chi connectivity index (χ2n) is 2.82. The summed E-state index contributed by atoms with van der Waals surface area (Å²) in [5, 5.41) is 0. The molecule has 4 nitrogen and oxygen atoms in total. The summed E-state index contributed by atoms with van der Waals surface area (Å²) < 4.78 is 26.7. The van der Waals surface area contributed by atoms with Crippen molar-refractivity contribution in [2.24, 2.45) is 0 Å². The van der Waals surface area contributed by atoms with Crippen LogP contribution in [0.25, 0.3) is 0 Å². The molecule has 0 heterocycles. The molecule has 0 saturated carbocycles. The maximum absolute atomic E-state index is 11.1. The maximum Gasteiger partial charge on any atom is 0.293 e. The fourth-order valence-corrected chi connectivity index (χ4v) is 1.59. The summed E-state index contributed by atoms with van der Waals surface area (Å²) in [4.78, 5) is 10.1. The van der Waals surface area contributed by atoms with E-state index in [0.29, 0.717) is 6.47 Å². The average Bonchev–Trinajstić information content (AvgIpc) is 2.14. The Balaban J connectivity index is 2.84. The number of carbonyl (C=O) groups excluding carboxylic acids is 1. The van der Waals surface area contributed by atoms with Crippen molar-refractivity contribution in [3.05, 3.63) is 29.8 Å². The Kier molecular flexibility index (Phi) is 3.24. The zero-order valence-corrected chi connectivity index (χ0v) is 8.45. The highest BCUT2D eigenvalue weighted by atomic mass is 32.2. The van der Waals surface area contributed by atoms with Crippen LogP contribution in [0.5, 0.6) is 0 Å². The first-order valence-electron chi connectivity index (χ1n) is 3.88. The molecule has 0 fully saturated rings. The van der Waals surface area contributed by atoms with Crippen molar-refractivity contribution < 1.29 is 17.9 Å². The lowest BCUT2D eigenvalue weighted by atomic mass is 10.2. The summed E-state index contributed by atoms with van der Waals surface area (Å²) in [6.07, 6.45) is 1.14. The summed E-state index contributed by atoms with van der Waals surface area (Å²) in [6.45, 7) is 0.512. The second-order valence-corrected chi connectivity index (χ2v) is 4.84. The molecular weight excluding hydrogens is 204 g/mol. The molecular formula is C9H10O4S. The van der Waals surface area contributed by atoms with Crippen LogP contribution < -0.4 is 0 Å². The van der Waals surface area contributed by atoms with Crippen LogP contribution in [-0.2, 0) is 26.0 Å². The molecule has 14 heavy (non-hydrogen) atoms. The second kappa shape index (κ2) is 4.23. The van der Waals surface area contributed by atoms with E-state index in [-0.39, 0.29) is 11.5 Å². The van der Waals surface area contributed by atoms with Crippen LogP contribution in [0.2, 0.25) is 0 Å². The van der Waals surface area contributed by atoms with Gasteiger partial charge in [0.25, 0.3) is 6.47 Å². The summed E-state index contributed by atoms with van der Waals surface area (Å²) in [5.41, 5.74) is 0.754. The van der Waals surface area contributed by atoms with E-state index < -0.39 is 9.84 Å². The molecule has 0 radical (unpaired) electrons. The molecule has 1 aromatic carbocycles. The predicted molar refractivity (Wildman–Crippen MR) is 50.4 cm³/mol. The predicted octanol–water partition coefficient (Wildman–Crippen LogP) is 0.763. The zero-order valence-electron chi connectivity index (χ0n) is 7.64. The van der Waals surface area contributed by atoms with Crippen molar-refractivity contribution in [1.82, 2.24) is 0 Å². The summed E-state index contributed by atoms with van der Waals surface area (Å²) in [5.74, 6) is 0. The molecule has 0 unspecified atom stereocenters. The number of ether oxygens (including phenoxy) is 1. The van der Waals surface area contributed by atoms with Crippen molar-refractivity contribution in [3.63, 3.8) is 0 Å². The van der Waals surface area contributed by atoms with Crippen LogP contribution in [0.4, 0.5) is 0 Å². The number of rotatable bonds is 4. The van der Waals surface area contributed by atoms with Crippen molar-refractivity contribution in [1.29, 1.82) is 0 Å². The van der Waals surface area contributed by atoms with Gasteiger partial charge in [0.05, 0.1) is 4.90 Å². The lowest BCUT2D eigenvalue weighted by Crippen LogP contribution is -1.97. The lowest BCUT2D eigenvalue weighted by molar-refractivity contribution is -0.129. The van der Waals surface area contributed by atoms with Gasteiger partial charge in [-0.2, -0.15) is 0 Å². The Morgan fingerprint density at radius 2 is 1.86 bits per heavy atom. The quantitative estimate of drug-likeness (QED) is 0.694. The van der Waals surface area contributed by atoms with Gasteiger partial charge in [-0.25, -0.2) is 8.42 Å². The van der Waals surface area contributed by atoms with E-state index in [1.54, 1.807) is 12.1 Å². The van der Waals surface area contributed by atoms with Gasteiger partial charge in [0, 0.05) is 6.26 Å². The SMILES string of the molecule is CS(=O)(=O)c1ccc(COC=O)cc1. The van der Waals surface area contributed by atoms with Crippen LogP contribution in [0.15, 0.2) is 29.2 Å². The summed E-state index contributed by atoms with van der Waals surface area (Å²) in [7, 11) is -3.15. The molecule has 1 rings (SSSR count). The van der Waals surface area contributed by atoms with E-state index in [0.717, 1.165) is 11.8 Å². The lowest BCUT2D eigenvalue weighted by Gasteiger charge is -2.01. The molecule has 5 heteroatoms. The number of carbonyl (C=O) groups is 1. The van der Waals surface area contributed by atoms with Gasteiger partial charge in [0.1, 0.15) is 6.61 Å². The summed E-state index contributed by atoms with van der Waals surface area (Å²) >= 11 is 0. The van der Waals surface area contributed by atoms with E-state index in [2.05, 4.69) is 4.74 Å². The fourth-order valence-electron chi connectivity index (χ4n) is 0.963. The smallest absolute Gasteiger partial charge is 0.293 e. The van der Waals surface area contributed by atoms with E-state index in [1.807, 2.05) is 0 Å². The minimum Gasteiger partial charge on any atom is -0.463 e. The van der Waals surface area contributed by atoms with E-state index in [1.165, 1.54) is 12.1 Å². The molecule has 0 amide bonds. The molecule has 1 aromatic rings. The molecule has 0 spiro atoms. The topological polar surface area (TPSA) is 60.4 Å². The van der Waals surface area contributed by atoms with E-state index in [4.69, 9.17) is 0 Å². The largest absolute Gasteiger partial charge is 0.463 e. The molecule has 0 atom stereocenters. The number of sulfone groups is 1. The highest BCUT2D eigenvalue weighted by Gasteiger charge is 2.05. The van der Waals surface area contributed by atoms with Crippen LogP contribution in [0, 0.1) is 0 Å². The first kappa shape index (κ1) is 10.7. The summed E-state index contributed by atoms with van der Waals surface area (Å²) in [6, 6.07) is 6.19. The number of benzene rings is 1. The first-order valence-corrected chi connectivity index (χ1v) is 5.77. The van der Waals surface area contributed by atoms with Crippen molar-refractivity contribution in [2.45, 2.75) is 11.5 Å². The molecule has 0 aliphatic rings. The van der Waals surface area contributed by atoms with Gasteiger partial charge in [-0.1, -0.05) is 12.1 Å². The molecule has 0 saturated heterocycles. The van der Waals surface area contributed by atoms with Gasteiger partial charge in [-0.15, -0.1) is 0 Å². The number of hydrogen-bond acceptors (Lipinski definition) is 4. The molecule has 0 N–H and O–H groups in total. The van der Waals surface area contributed by atoms with Gasteiger partial charge in [0.15, 0.2) is 9.84 Å². The third kappa shape index (κ3) is 2.85. The minimum absolute atomic E-state index is 0.160. The normalized spacial score (nSPS) is 10.9. The van der Waals surface area contributed by atoms with Gasteiger partial charge < -0.3 is 4.74 Å². The highest BCUT2D eigenvalue weighted by Crippen LogP contribution is 2.10. The van der Waals surface area contributed by atoms with Crippen LogP contribution >= 0.6 is 0 Å². The van der Waals surface area contributed by atoms with Crippen molar-refractivity contribution in [2.75, 3.05) is 6.26 Å². The number of hydrogen-bond donors (Lipinski definition) is 0. The van der Waals surface area contributed by atoms with Gasteiger partial charge in [-0.05, 0) is 17.7 Å². The Morgan fingerprint density at radius 3 is 2.29 bits per heavy atom. The Hall–Kier alpha value is -1.36. The monoisotopic (exact) mass is 214 g/mol. The van der Waals surface area contributed by atoms with Crippen molar-refractivity contribution >= 4 is 16.3 Å². The standard InChI is InChI=1S/C9H10O4S/c1-14(11,12)9-4-2-8(3-5-9)6-13-7-10/h2-5,7H,6H2,1H3. The van der Waals surface area contributed by atoms with E-state index in [9.17, 15) is 13.2 Å². The Bertz CT molecular complexity index is 405. The van der Waals surface area contributed by atoms with Gasteiger partial charge in [0.2, 0.25) is 0 Å². The minimum atomic E-state index is -3.15. The average molecular weight is 214 g/mol. The Morgan fingerprint density at radius 1 is 1.29 bits per heavy atom. The van der Waals surface area contributed by atoms with E-state index >= 15 is 0 Å². The van der Waals surface area contributed by atoms with Crippen LogP contribution in [-0.4, -0.2) is 21.1 Å². The molecule has 76 valence electrons. The third-order valence-corrected chi connectivity index (χ3v) is 2.80. The van der Waals surface area contributed by atoms with Crippen LogP contribution in [0.1, 0.15) is 5.56 Å². The van der Waals surface area contributed by atoms with Crippen LogP contribution in [0.3, 0.4) is 0 Å². The Labute approximate surface area is 82.4 Å². The van der Waals surface area contributed by atoms with Gasteiger partial charge >= 0.3 is 0 Å². The fraction of sp³-hybridized carbons (Fsp3) is 0.222. The molecule has 0 aliphatic heterocycles.